The maximum atomic E-state index is 12.2. The van der Waals surface area contributed by atoms with Gasteiger partial charge in [0.25, 0.3) is 10.0 Å². The molecule has 0 unspecified atom stereocenters. The highest BCUT2D eigenvalue weighted by atomic mass is 127. The van der Waals surface area contributed by atoms with Gasteiger partial charge in [-0.3, -0.25) is 4.72 Å². The smallest absolute Gasteiger partial charge is 0.261 e. The fourth-order valence-electron chi connectivity index (χ4n) is 1.50. The highest BCUT2D eigenvalue weighted by molar-refractivity contribution is 14.1. The van der Waals surface area contributed by atoms with Crippen LogP contribution >= 0.6 is 22.6 Å². The lowest BCUT2D eigenvalue weighted by Crippen LogP contribution is -2.13. The second-order valence-electron chi connectivity index (χ2n) is 3.76. The van der Waals surface area contributed by atoms with Crippen LogP contribution in [-0.2, 0) is 10.0 Å². The Labute approximate surface area is 126 Å². The van der Waals surface area contributed by atoms with Gasteiger partial charge in [-0.25, -0.2) is 8.42 Å². The highest BCUT2D eigenvalue weighted by Crippen LogP contribution is 2.22. The Morgan fingerprint density at radius 3 is 2.26 bits per heavy atom. The van der Waals surface area contributed by atoms with Crippen molar-refractivity contribution in [1.82, 2.24) is 0 Å². The minimum atomic E-state index is -3.57. The minimum absolute atomic E-state index is 0.202. The third-order valence-corrected chi connectivity index (χ3v) is 4.81. The number of nitrogens with one attached hydrogen (secondary N) is 1. The summed E-state index contributed by atoms with van der Waals surface area (Å²) >= 11 is 2.08. The molecule has 0 saturated heterocycles. The average molecular weight is 389 g/mol. The van der Waals surface area contributed by atoms with E-state index in [1.807, 2.05) is 12.1 Å². The van der Waals surface area contributed by atoms with Crippen LogP contribution in [0.15, 0.2) is 53.4 Å². The van der Waals surface area contributed by atoms with E-state index in [0.29, 0.717) is 11.4 Å². The monoisotopic (exact) mass is 389 g/mol. The van der Waals surface area contributed by atoms with Crippen molar-refractivity contribution in [3.63, 3.8) is 0 Å². The molecule has 2 rings (SSSR count). The molecule has 0 fully saturated rings. The fourth-order valence-corrected chi connectivity index (χ4v) is 3.29. The number of sulfonamides is 1. The third kappa shape index (κ3) is 3.38. The summed E-state index contributed by atoms with van der Waals surface area (Å²) in [7, 11) is -2.04. The number of ether oxygens (including phenoxy) is 1. The van der Waals surface area contributed by atoms with Crippen LogP contribution in [0.1, 0.15) is 0 Å². The van der Waals surface area contributed by atoms with Gasteiger partial charge in [-0.1, -0.05) is 12.1 Å². The molecule has 2 aromatic carbocycles. The van der Waals surface area contributed by atoms with Crippen LogP contribution in [0.3, 0.4) is 0 Å². The van der Waals surface area contributed by atoms with Crippen LogP contribution in [0.25, 0.3) is 0 Å². The molecule has 0 spiro atoms. The predicted octanol–water partition coefficient (Wildman–Crippen LogP) is 3.10. The molecule has 0 heterocycles. The van der Waals surface area contributed by atoms with E-state index >= 15 is 0 Å². The molecule has 100 valence electrons. The van der Waals surface area contributed by atoms with Gasteiger partial charge in [-0.15, -0.1) is 0 Å². The van der Waals surface area contributed by atoms with E-state index in [0.717, 1.165) is 3.57 Å². The van der Waals surface area contributed by atoms with E-state index in [4.69, 9.17) is 4.74 Å². The molecular weight excluding hydrogens is 377 g/mol. The molecule has 2 aromatic rings. The van der Waals surface area contributed by atoms with Crippen LogP contribution in [0, 0.1) is 3.57 Å². The Morgan fingerprint density at radius 1 is 1.05 bits per heavy atom. The van der Waals surface area contributed by atoms with Gasteiger partial charge in [-0.2, -0.15) is 0 Å². The summed E-state index contributed by atoms with van der Waals surface area (Å²) < 4.78 is 32.8. The van der Waals surface area contributed by atoms with Crippen LogP contribution < -0.4 is 9.46 Å². The molecule has 0 atom stereocenters. The lowest BCUT2D eigenvalue weighted by atomic mass is 10.3. The third-order valence-electron chi connectivity index (χ3n) is 2.49. The van der Waals surface area contributed by atoms with Crippen molar-refractivity contribution in [2.75, 3.05) is 11.8 Å². The van der Waals surface area contributed by atoms with Gasteiger partial charge < -0.3 is 4.74 Å². The van der Waals surface area contributed by atoms with Crippen LogP contribution in [0.2, 0.25) is 0 Å². The number of anilines is 1. The first-order valence-electron chi connectivity index (χ1n) is 5.44. The lowest BCUT2D eigenvalue weighted by molar-refractivity contribution is 0.414. The maximum Gasteiger partial charge on any atom is 0.261 e. The van der Waals surface area contributed by atoms with Crippen LogP contribution in [0.5, 0.6) is 5.75 Å². The van der Waals surface area contributed by atoms with Crippen molar-refractivity contribution < 1.29 is 13.2 Å². The van der Waals surface area contributed by atoms with Gasteiger partial charge in [0.1, 0.15) is 5.75 Å². The van der Waals surface area contributed by atoms with Crippen LogP contribution in [0.4, 0.5) is 5.69 Å². The van der Waals surface area contributed by atoms with Gasteiger partial charge in [0.15, 0.2) is 0 Å². The van der Waals surface area contributed by atoms with Gasteiger partial charge in [0.2, 0.25) is 0 Å². The first-order chi connectivity index (χ1) is 9.03. The van der Waals surface area contributed by atoms with Gasteiger partial charge >= 0.3 is 0 Å². The van der Waals surface area contributed by atoms with E-state index in [2.05, 4.69) is 27.3 Å². The first-order valence-corrected chi connectivity index (χ1v) is 8.00. The topological polar surface area (TPSA) is 55.4 Å². The molecule has 0 saturated carbocycles. The van der Waals surface area contributed by atoms with Crippen molar-refractivity contribution in [2.45, 2.75) is 4.90 Å². The van der Waals surface area contributed by atoms with Gasteiger partial charge in [0, 0.05) is 3.57 Å². The molecule has 6 heteroatoms. The van der Waals surface area contributed by atoms with Crippen molar-refractivity contribution in [3.05, 3.63) is 52.1 Å². The predicted molar refractivity (Wildman–Crippen MR) is 83.0 cm³/mol. The maximum absolute atomic E-state index is 12.2. The Bertz CT molecular complexity index is 669. The van der Waals surface area contributed by atoms with Crippen molar-refractivity contribution in [2.24, 2.45) is 0 Å². The largest absolute Gasteiger partial charge is 0.497 e. The summed E-state index contributed by atoms with van der Waals surface area (Å²) in [4.78, 5) is 0.202. The summed E-state index contributed by atoms with van der Waals surface area (Å²) in [5.41, 5.74) is 0.568. The minimum Gasteiger partial charge on any atom is -0.497 e. The SMILES string of the molecule is COc1ccc(S(=O)(=O)Nc2ccccc2I)cc1. The molecule has 4 nitrogen and oxygen atoms in total. The number of benzene rings is 2. The van der Waals surface area contributed by atoms with Gasteiger partial charge in [0.05, 0.1) is 17.7 Å². The van der Waals surface area contributed by atoms with E-state index in [-0.39, 0.29) is 4.90 Å². The summed E-state index contributed by atoms with van der Waals surface area (Å²) in [6.45, 7) is 0. The number of rotatable bonds is 4. The summed E-state index contributed by atoms with van der Waals surface area (Å²) in [6, 6.07) is 13.5. The van der Waals surface area contributed by atoms with Crippen LogP contribution in [-0.4, -0.2) is 15.5 Å². The molecule has 0 aliphatic carbocycles. The zero-order chi connectivity index (χ0) is 13.9. The second kappa shape index (κ2) is 5.79. The molecule has 0 aliphatic rings. The molecule has 0 amide bonds. The summed E-state index contributed by atoms with van der Waals surface area (Å²) in [5, 5.41) is 0. The Kier molecular flexibility index (Phi) is 4.31. The Morgan fingerprint density at radius 2 is 1.68 bits per heavy atom. The molecule has 0 bridgehead atoms. The molecule has 0 aromatic heterocycles. The molecular formula is C13H12INO3S. The van der Waals surface area contributed by atoms with Crippen molar-refractivity contribution in [3.8, 4) is 5.75 Å². The van der Waals surface area contributed by atoms with E-state index in [1.54, 1.807) is 24.3 Å². The highest BCUT2D eigenvalue weighted by Gasteiger charge is 2.15. The van der Waals surface area contributed by atoms with Crippen molar-refractivity contribution >= 4 is 38.3 Å². The summed E-state index contributed by atoms with van der Waals surface area (Å²) in [6.07, 6.45) is 0. The summed E-state index contributed by atoms with van der Waals surface area (Å²) in [5.74, 6) is 0.619. The number of methoxy groups -OCH3 is 1. The Hall–Kier alpha value is -1.28. The normalized spacial score (nSPS) is 11.1. The van der Waals surface area contributed by atoms with E-state index in [1.165, 1.54) is 19.2 Å². The lowest BCUT2D eigenvalue weighted by Gasteiger charge is -2.10. The van der Waals surface area contributed by atoms with E-state index < -0.39 is 10.0 Å². The standard InChI is InChI=1S/C13H12INO3S/c1-18-10-6-8-11(9-7-10)19(16,17)15-13-5-3-2-4-12(13)14/h2-9,15H,1H3. The molecule has 0 aliphatic heterocycles. The second-order valence-corrected chi connectivity index (χ2v) is 6.61. The number of hydrogen-bond acceptors (Lipinski definition) is 3. The zero-order valence-electron chi connectivity index (χ0n) is 10.1. The first kappa shape index (κ1) is 14.1. The molecule has 1 N–H and O–H groups in total. The zero-order valence-corrected chi connectivity index (χ0v) is 13.1. The van der Waals surface area contributed by atoms with E-state index in [9.17, 15) is 8.42 Å². The number of hydrogen-bond donors (Lipinski definition) is 1. The Balaban J connectivity index is 2.30. The number of halogens is 1. The molecule has 0 radical (unpaired) electrons. The fraction of sp³-hybridized carbons (Fsp3) is 0.0769. The average Bonchev–Trinajstić information content (AvgIpc) is 2.41. The van der Waals surface area contributed by atoms with Gasteiger partial charge in [-0.05, 0) is 59.0 Å². The number of para-hydroxylation sites is 1. The molecule has 19 heavy (non-hydrogen) atoms. The quantitative estimate of drug-likeness (QED) is 0.818. The van der Waals surface area contributed by atoms with Crippen molar-refractivity contribution in [1.29, 1.82) is 0 Å².